The summed E-state index contributed by atoms with van der Waals surface area (Å²) in [5.41, 5.74) is -4.05. The molecule has 0 aliphatic rings. The fraction of sp³-hybridized carbons (Fsp3) is 0.200. The van der Waals surface area contributed by atoms with Crippen molar-refractivity contribution >= 4 is 11.8 Å². The lowest BCUT2D eigenvalue weighted by molar-refractivity contribution is -0.234. The van der Waals surface area contributed by atoms with E-state index in [1.54, 1.807) is 6.07 Å². The molecule has 0 bridgehead atoms. The smallest absolute Gasteiger partial charge is 0.406 e. The standard InChI is InChI=1S/C20H16F4O3/c1-2-15(13-8-4-3-5-9-13)19(18(26)27,20(22,23)24)12-17(25)14-10-6-7-11-16(14)21/h2-11,15H,1,12H2,(H,26,27). The van der Waals surface area contributed by atoms with E-state index in [4.69, 9.17) is 0 Å². The van der Waals surface area contributed by atoms with E-state index >= 15 is 0 Å². The molecule has 0 aromatic heterocycles. The number of carbonyl (C=O) groups is 2. The Bertz CT molecular complexity index is 846. The van der Waals surface area contributed by atoms with E-state index in [1.807, 2.05) is 0 Å². The molecule has 2 aromatic rings. The SMILES string of the molecule is C=CC(c1ccccc1)C(CC(=O)c1ccccc1F)(C(=O)O)C(F)(F)F. The van der Waals surface area contributed by atoms with Crippen LogP contribution in [0.25, 0.3) is 0 Å². The summed E-state index contributed by atoms with van der Waals surface area (Å²) >= 11 is 0. The molecule has 0 radical (unpaired) electrons. The van der Waals surface area contributed by atoms with E-state index in [2.05, 4.69) is 6.58 Å². The molecule has 2 unspecified atom stereocenters. The lowest BCUT2D eigenvalue weighted by Gasteiger charge is -2.37. The molecule has 7 heteroatoms. The Balaban J connectivity index is 2.63. The third kappa shape index (κ3) is 3.77. The van der Waals surface area contributed by atoms with Gasteiger partial charge in [0.1, 0.15) is 5.82 Å². The maximum Gasteiger partial charge on any atom is 0.406 e. The first-order chi connectivity index (χ1) is 12.6. The average molecular weight is 380 g/mol. The van der Waals surface area contributed by atoms with Gasteiger partial charge in [0.2, 0.25) is 0 Å². The van der Waals surface area contributed by atoms with Gasteiger partial charge in [0.15, 0.2) is 11.2 Å². The number of carboxylic acid groups (broad SMARTS) is 1. The van der Waals surface area contributed by atoms with Crippen LogP contribution in [-0.2, 0) is 4.79 Å². The van der Waals surface area contributed by atoms with Crippen molar-refractivity contribution in [2.75, 3.05) is 0 Å². The van der Waals surface area contributed by atoms with E-state index < -0.39 is 47.1 Å². The number of alkyl halides is 3. The first-order valence-electron chi connectivity index (χ1n) is 7.90. The molecular formula is C20H16F4O3. The summed E-state index contributed by atoms with van der Waals surface area (Å²) in [5.74, 6) is -6.24. The Morgan fingerprint density at radius 2 is 1.59 bits per heavy atom. The van der Waals surface area contributed by atoms with E-state index in [-0.39, 0.29) is 5.56 Å². The topological polar surface area (TPSA) is 54.4 Å². The van der Waals surface area contributed by atoms with Crippen molar-refractivity contribution in [2.45, 2.75) is 18.5 Å². The van der Waals surface area contributed by atoms with Gasteiger partial charge in [-0.1, -0.05) is 48.5 Å². The zero-order chi connectivity index (χ0) is 20.2. The zero-order valence-corrected chi connectivity index (χ0v) is 14.0. The van der Waals surface area contributed by atoms with Crippen molar-refractivity contribution in [3.05, 3.63) is 84.2 Å². The highest BCUT2D eigenvalue weighted by atomic mass is 19.4. The Labute approximate surface area is 152 Å². The predicted molar refractivity (Wildman–Crippen MR) is 90.9 cm³/mol. The Kier molecular flexibility index (Phi) is 5.83. The molecule has 0 spiro atoms. The van der Waals surface area contributed by atoms with Crippen LogP contribution in [-0.4, -0.2) is 23.0 Å². The second-order valence-electron chi connectivity index (χ2n) is 5.98. The number of aliphatic carboxylic acids is 1. The van der Waals surface area contributed by atoms with Crippen molar-refractivity contribution in [2.24, 2.45) is 5.41 Å². The second kappa shape index (κ2) is 7.73. The van der Waals surface area contributed by atoms with Crippen LogP contribution in [0, 0.1) is 11.2 Å². The highest BCUT2D eigenvalue weighted by molar-refractivity contribution is 5.99. The number of carboxylic acids is 1. The number of halogens is 4. The van der Waals surface area contributed by atoms with Gasteiger partial charge in [-0.3, -0.25) is 9.59 Å². The van der Waals surface area contributed by atoms with E-state index in [0.29, 0.717) is 0 Å². The van der Waals surface area contributed by atoms with Gasteiger partial charge < -0.3 is 5.11 Å². The van der Waals surface area contributed by atoms with Crippen LogP contribution in [0.1, 0.15) is 28.3 Å². The minimum absolute atomic E-state index is 0.0357. The number of hydrogen-bond donors (Lipinski definition) is 1. The highest BCUT2D eigenvalue weighted by Gasteiger charge is 2.65. The average Bonchev–Trinajstić information content (AvgIpc) is 2.61. The van der Waals surface area contributed by atoms with E-state index in [9.17, 15) is 32.3 Å². The van der Waals surface area contributed by atoms with Gasteiger partial charge in [0.05, 0.1) is 5.56 Å². The van der Waals surface area contributed by atoms with Gasteiger partial charge in [-0.25, -0.2) is 4.39 Å². The fourth-order valence-electron chi connectivity index (χ4n) is 3.03. The molecule has 2 rings (SSSR count). The normalized spacial score (nSPS) is 14.8. The molecule has 2 aromatic carbocycles. The summed E-state index contributed by atoms with van der Waals surface area (Å²) in [6, 6.07) is 11.6. The van der Waals surface area contributed by atoms with Gasteiger partial charge in [-0.2, -0.15) is 13.2 Å². The molecule has 0 heterocycles. The molecule has 3 nitrogen and oxygen atoms in total. The van der Waals surface area contributed by atoms with Crippen LogP contribution >= 0.6 is 0 Å². The van der Waals surface area contributed by atoms with Crippen LogP contribution in [0.15, 0.2) is 67.3 Å². The minimum Gasteiger partial charge on any atom is -0.481 e. The van der Waals surface area contributed by atoms with Crippen molar-refractivity contribution < 1.29 is 32.3 Å². The zero-order valence-electron chi connectivity index (χ0n) is 14.0. The predicted octanol–water partition coefficient (Wildman–Crippen LogP) is 5.00. The van der Waals surface area contributed by atoms with Crippen LogP contribution in [0.5, 0.6) is 0 Å². The monoisotopic (exact) mass is 380 g/mol. The van der Waals surface area contributed by atoms with E-state index in [1.165, 1.54) is 36.4 Å². The highest BCUT2D eigenvalue weighted by Crippen LogP contribution is 2.52. The summed E-state index contributed by atoms with van der Waals surface area (Å²) in [4.78, 5) is 24.3. The number of allylic oxidation sites excluding steroid dienone is 1. The number of ketones is 1. The minimum atomic E-state index is -5.30. The van der Waals surface area contributed by atoms with Crippen LogP contribution in [0.4, 0.5) is 17.6 Å². The van der Waals surface area contributed by atoms with E-state index in [0.717, 1.165) is 18.2 Å². The Hall–Kier alpha value is -2.96. The number of hydrogen-bond acceptors (Lipinski definition) is 2. The molecule has 0 saturated carbocycles. The van der Waals surface area contributed by atoms with Gasteiger partial charge >= 0.3 is 12.1 Å². The third-order valence-corrected chi connectivity index (χ3v) is 4.43. The Morgan fingerprint density at radius 1 is 1.04 bits per heavy atom. The quantitative estimate of drug-likeness (QED) is 0.418. The van der Waals surface area contributed by atoms with Crippen LogP contribution in [0.3, 0.4) is 0 Å². The molecule has 0 saturated heterocycles. The van der Waals surface area contributed by atoms with Crippen molar-refractivity contribution in [3.63, 3.8) is 0 Å². The molecule has 142 valence electrons. The lowest BCUT2D eigenvalue weighted by Crippen LogP contribution is -2.50. The number of rotatable bonds is 7. The van der Waals surface area contributed by atoms with Crippen molar-refractivity contribution in [1.82, 2.24) is 0 Å². The number of Topliss-reactive ketones (excluding diaryl/α,β-unsaturated/α-hetero) is 1. The summed E-state index contributed by atoms with van der Waals surface area (Å²) < 4.78 is 56.0. The summed E-state index contributed by atoms with van der Waals surface area (Å²) in [6.45, 7) is 3.35. The molecule has 0 amide bonds. The van der Waals surface area contributed by atoms with Gasteiger partial charge in [-0.05, 0) is 17.7 Å². The maximum atomic E-state index is 14.1. The summed E-state index contributed by atoms with van der Waals surface area (Å²) in [7, 11) is 0. The van der Waals surface area contributed by atoms with Crippen molar-refractivity contribution in [3.8, 4) is 0 Å². The third-order valence-electron chi connectivity index (χ3n) is 4.43. The first kappa shape index (κ1) is 20.4. The molecule has 1 N–H and O–H groups in total. The lowest BCUT2D eigenvalue weighted by atomic mass is 9.67. The molecule has 0 fully saturated rings. The second-order valence-corrected chi connectivity index (χ2v) is 5.98. The Morgan fingerprint density at radius 3 is 2.07 bits per heavy atom. The van der Waals surface area contributed by atoms with Crippen molar-refractivity contribution in [1.29, 1.82) is 0 Å². The fourth-order valence-corrected chi connectivity index (χ4v) is 3.03. The maximum absolute atomic E-state index is 14.1. The largest absolute Gasteiger partial charge is 0.481 e. The van der Waals surface area contributed by atoms with Crippen LogP contribution < -0.4 is 0 Å². The summed E-state index contributed by atoms with van der Waals surface area (Å²) in [5, 5.41) is 9.57. The number of carbonyl (C=O) groups excluding carboxylic acids is 1. The van der Waals surface area contributed by atoms with Gasteiger partial charge in [-0.15, -0.1) is 6.58 Å². The first-order valence-corrected chi connectivity index (χ1v) is 7.90. The van der Waals surface area contributed by atoms with Gasteiger partial charge in [0, 0.05) is 12.3 Å². The van der Waals surface area contributed by atoms with Crippen LogP contribution in [0.2, 0.25) is 0 Å². The number of benzene rings is 2. The van der Waals surface area contributed by atoms with Gasteiger partial charge in [0.25, 0.3) is 0 Å². The molecule has 27 heavy (non-hydrogen) atoms. The molecule has 2 atom stereocenters. The molecular weight excluding hydrogens is 364 g/mol. The summed E-state index contributed by atoms with van der Waals surface area (Å²) in [6.07, 6.45) is -5.90. The molecule has 0 aliphatic heterocycles. The molecule has 0 aliphatic carbocycles.